The lowest BCUT2D eigenvalue weighted by Gasteiger charge is -2.45. The lowest BCUT2D eigenvalue weighted by Crippen LogP contribution is -2.59. The average molecular weight is 721 g/mol. The van der Waals surface area contributed by atoms with E-state index in [1.165, 1.54) is 11.7 Å². The molecule has 16 heteroatoms. The van der Waals surface area contributed by atoms with Gasteiger partial charge in [-0.25, -0.2) is 18.4 Å². The second kappa shape index (κ2) is 13.6. The van der Waals surface area contributed by atoms with Gasteiger partial charge < -0.3 is 19.1 Å². The van der Waals surface area contributed by atoms with E-state index in [0.717, 1.165) is 18.2 Å². The van der Waals surface area contributed by atoms with Crippen LogP contribution >= 0.6 is 22.5 Å². The molecule has 4 atom stereocenters. The van der Waals surface area contributed by atoms with Crippen LogP contribution in [0, 0.1) is 11.6 Å². The maximum absolute atomic E-state index is 15.5. The van der Waals surface area contributed by atoms with Crippen LogP contribution in [0.5, 0.6) is 0 Å². The van der Waals surface area contributed by atoms with E-state index in [4.69, 9.17) is 25.8 Å². The number of benzene rings is 2. The number of hydrogen-bond acceptors (Lipinski definition) is 7. The Labute approximate surface area is 282 Å². The van der Waals surface area contributed by atoms with Gasteiger partial charge in [-0.2, -0.15) is 29.1 Å². The molecule has 1 saturated heterocycles. The van der Waals surface area contributed by atoms with Crippen LogP contribution < -0.4 is 10.6 Å². The molecule has 0 bridgehead atoms. The third kappa shape index (κ3) is 7.38. The van der Waals surface area contributed by atoms with Crippen molar-refractivity contribution in [3.8, 4) is 0 Å². The number of carbonyl (C=O) groups is 1. The van der Waals surface area contributed by atoms with Gasteiger partial charge in [-0.05, 0) is 52.8 Å². The van der Waals surface area contributed by atoms with E-state index >= 15 is 4.39 Å². The number of aromatic nitrogens is 2. The normalized spacial score (nSPS) is 22.6. The van der Waals surface area contributed by atoms with Gasteiger partial charge in [-0.1, -0.05) is 11.6 Å². The van der Waals surface area contributed by atoms with Crippen LogP contribution in [0.25, 0.3) is 10.9 Å². The fourth-order valence-corrected chi connectivity index (χ4v) is 9.16. The van der Waals surface area contributed by atoms with E-state index < -0.39 is 74.9 Å². The van der Waals surface area contributed by atoms with Crippen LogP contribution in [0.1, 0.15) is 40.2 Å². The number of carbonyl (C=O) groups excluding carboxylic acids is 1. The summed E-state index contributed by atoms with van der Waals surface area (Å²) in [7, 11) is -0.556. The van der Waals surface area contributed by atoms with Crippen LogP contribution in [0.2, 0.25) is 5.02 Å². The highest BCUT2D eigenvalue weighted by molar-refractivity contribution is 8.17. The molecule has 1 amide bonds. The number of alkyl halides is 3. The fourth-order valence-electron chi connectivity index (χ4n) is 6.24. The Kier molecular flexibility index (Phi) is 10.3. The molecule has 48 heavy (non-hydrogen) atoms. The Morgan fingerprint density at radius 1 is 1.00 bits per heavy atom. The summed E-state index contributed by atoms with van der Waals surface area (Å²) in [5, 5.41) is -0.361. The van der Waals surface area contributed by atoms with Gasteiger partial charge in [0.15, 0.2) is 0 Å². The van der Waals surface area contributed by atoms with Crippen molar-refractivity contribution in [1.29, 1.82) is 0 Å². The summed E-state index contributed by atoms with van der Waals surface area (Å²) < 4.78 is 91.4. The maximum Gasteiger partial charge on any atom is 0.416 e. The molecule has 2 aliphatic rings. The molecule has 2 aliphatic heterocycles. The quantitative estimate of drug-likeness (QED) is 0.132. The molecule has 264 valence electrons. The van der Waals surface area contributed by atoms with Gasteiger partial charge in [-0.3, -0.25) is 9.47 Å². The minimum Gasteiger partial charge on any atom is -0.444 e. The number of amides is 1. The highest BCUT2D eigenvalue weighted by atomic mass is 35.5. The number of ether oxygens (including phenoxy) is 3. The largest absolute Gasteiger partial charge is 0.444 e. The molecule has 1 aromatic heterocycles. The SMILES string of the molecule is COCCO[C@H]1Cn2c(=O)nc(N3C[C@@H](C)N(C(=O)OC(C)(C)C)[C@@H](C)C3)c3cc(C(F)(F)F)cc(c32)[SH](c2cc(Cl)c(F)cc2F)C1. The Balaban J connectivity index is 1.72. The number of methoxy groups -OCH3 is 1. The van der Waals surface area contributed by atoms with E-state index in [1.54, 1.807) is 44.4 Å². The van der Waals surface area contributed by atoms with Crippen LogP contribution in [-0.2, 0) is 26.9 Å². The number of rotatable bonds is 6. The van der Waals surface area contributed by atoms with Crippen molar-refractivity contribution in [2.45, 2.75) is 80.9 Å². The molecule has 0 N–H and O–H groups in total. The maximum atomic E-state index is 15.5. The van der Waals surface area contributed by atoms with E-state index in [-0.39, 0.29) is 65.1 Å². The predicted molar refractivity (Wildman–Crippen MR) is 174 cm³/mol. The summed E-state index contributed by atoms with van der Waals surface area (Å²) in [5.41, 5.74) is -2.35. The Hall–Kier alpha value is -3.14. The molecule has 1 fully saturated rings. The predicted octanol–water partition coefficient (Wildman–Crippen LogP) is 6.65. The Morgan fingerprint density at radius 3 is 2.27 bits per heavy atom. The topological polar surface area (TPSA) is 86.1 Å². The Morgan fingerprint density at radius 2 is 1.67 bits per heavy atom. The third-order valence-electron chi connectivity index (χ3n) is 8.17. The summed E-state index contributed by atoms with van der Waals surface area (Å²) in [6, 6.07) is 2.64. The first kappa shape index (κ1) is 36.1. The molecule has 3 aromatic rings. The number of halogens is 6. The highest BCUT2D eigenvalue weighted by Gasteiger charge is 2.39. The standard InChI is InChI=1S/C32H38ClF5N4O5S/c1-17-13-40(14-18(2)42(17)30(44)47-31(3,4)5)28-21-9-19(32(36,37)38)10-26-27(21)41(29(43)39-28)15-20(46-8-7-45-6)16-48(26)25-11-22(33)23(34)12-24(25)35/h9-12,17-18,20,48H,7-8,13-16H2,1-6H3/t17-,18+,20-/m0/s1. The lowest BCUT2D eigenvalue weighted by atomic mass is 10.1. The van der Waals surface area contributed by atoms with Crippen molar-refractivity contribution in [3.63, 3.8) is 0 Å². The molecule has 1 unspecified atom stereocenters. The zero-order valence-corrected chi connectivity index (χ0v) is 29.0. The van der Waals surface area contributed by atoms with Crippen molar-refractivity contribution in [1.82, 2.24) is 14.5 Å². The van der Waals surface area contributed by atoms with Crippen molar-refractivity contribution in [2.75, 3.05) is 44.1 Å². The van der Waals surface area contributed by atoms with Crippen molar-refractivity contribution in [3.05, 3.63) is 57.0 Å². The number of piperazine rings is 1. The van der Waals surface area contributed by atoms with E-state index in [9.17, 15) is 27.2 Å². The van der Waals surface area contributed by atoms with E-state index in [0.29, 0.717) is 6.07 Å². The minimum atomic E-state index is -4.82. The molecular formula is C32H38ClF5N4O5S. The molecule has 9 nitrogen and oxygen atoms in total. The zero-order chi connectivity index (χ0) is 35.3. The van der Waals surface area contributed by atoms with Gasteiger partial charge in [0.1, 0.15) is 23.1 Å². The van der Waals surface area contributed by atoms with Crippen LogP contribution in [0.15, 0.2) is 38.9 Å². The van der Waals surface area contributed by atoms with Crippen molar-refractivity contribution < 1.29 is 41.0 Å². The zero-order valence-electron chi connectivity index (χ0n) is 27.3. The summed E-state index contributed by atoms with van der Waals surface area (Å²) in [5.74, 6) is -1.97. The minimum absolute atomic E-state index is 0.00690. The lowest BCUT2D eigenvalue weighted by molar-refractivity contribution is -0.137. The van der Waals surface area contributed by atoms with E-state index in [2.05, 4.69) is 4.98 Å². The molecule has 0 radical (unpaired) electrons. The summed E-state index contributed by atoms with van der Waals surface area (Å²) in [6.07, 6.45) is -6.12. The number of thiol groups is 1. The van der Waals surface area contributed by atoms with Gasteiger partial charge >= 0.3 is 18.0 Å². The monoisotopic (exact) mass is 720 g/mol. The first-order valence-corrected chi connectivity index (χ1v) is 17.2. The van der Waals surface area contributed by atoms with Gasteiger partial charge in [-0.15, -0.1) is 0 Å². The van der Waals surface area contributed by atoms with Crippen molar-refractivity contribution >= 4 is 45.3 Å². The molecule has 0 spiro atoms. The summed E-state index contributed by atoms with van der Waals surface area (Å²) in [6.45, 7) is 9.29. The number of hydrogen-bond donors (Lipinski definition) is 1. The second-order valence-corrected chi connectivity index (χ2v) is 15.6. The highest BCUT2D eigenvalue weighted by Crippen LogP contribution is 2.53. The van der Waals surface area contributed by atoms with E-state index in [1.807, 2.05) is 0 Å². The first-order valence-electron chi connectivity index (χ1n) is 15.3. The van der Waals surface area contributed by atoms with Crippen LogP contribution in [-0.4, -0.2) is 83.5 Å². The molecule has 2 aromatic carbocycles. The number of nitrogens with zero attached hydrogens (tertiary/aromatic N) is 4. The van der Waals surface area contributed by atoms with Gasteiger partial charge in [0.05, 0.1) is 54.0 Å². The number of anilines is 1. The van der Waals surface area contributed by atoms with Gasteiger partial charge in [0.25, 0.3) is 0 Å². The van der Waals surface area contributed by atoms with Crippen LogP contribution in [0.3, 0.4) is 0 Å². The van der Waals surface area contributed by atoms with Gasteiger partial charge in [0, 0.05) is 47.2 Å². The smallest absolute Gasteiger partial charge is 0.416 e. The first-order chi connectivity index (χ1) is 22.4. The second-order valence-electron chi connectivity index (χ2n) is 13.0. The summed E-state index contributed by atoms with van der Waals surface area (Å²) >= 11 is 6.07. The molecular weight excluding hydrogens is 683 g/mol. The average Bonchev–Trinajstić information content (AvgIpc) is 3.13. The van der Waals surface area contributed by atoms with Crippen molar-refractivity contribution in [2.24, 2.45) is 0 Å². The molecule has 5 rings (SSSR count). The Bertz CT molecular complexity index is 1760. The molecule has 0 aliphatic carbocycles. The molecule has 3 heterocycles. The fraction of sp³-hybridized carbons (Fsp3) is 0.531. The molecule has 0 saturated carbocycles. The van der Waals surface area contributed by atoms with Gasteiger partial charge in [0.2, 0.25) is 0 Å². The van der Waals surface area contributed by atoms with Crippen LogP contribution in [0.4, 0.5) is 32.6 Å². The third-order valence-corrected chi connectivity index (χ3v) is 11.1. The summed E-state index contributed by atoms with van der Waals surface area (Å²) in [4.78, 5) is 34.4.